The monoisotopic (exact) mass is 200 g/mol. The SMILES string of the molecule is C=C(C)c1ccccc1C(Cl)Cl. The smallest absolute Gasteiger partial charge is 0.100 e. The van der Waals surface area contributed by atoms with Gasteiger partial charge in [0.2, 0.25) is 0 Å². The number of allylic oxidation sites excluding steroid dienone is 1. The van der Waals surface area contributed by atoms with Gasteiger partial charge in [-0.15, -0.1) is 23.2 Å². The van der Waals surface area contributed by atoms with E-state index in [1.165, 1.54) is 0 Å². The quantitative estimate of drug-likeness (QED) is 0.629. The lowest BCUT2D eigenvalue weighted by Crippen LogP contribution is -1.89. The lowest BCUT2D eigenvalue weighted by atomic mass is 10.0. The molecule has 0 atom stereocenters. The third-order valence-electron chi connectivity index (χ3n) is 1.66. The van der Waals surface area contributed by atoms with Crippen molar-refractivity contribution in [1.29, 1.82) is 0 Å². The zero-order valence-electron chi connectivity index (χ0n) is 6.85. The maximum atomic E-state index is 5.78. The topological polar surface area (TPSA) is 0 Å². The molecule has 0 aliphatic rings. The molecule has 0 radical (unpaired) electrons. The fourth-order valence-electron chi connectivity index (χ4n) is 1.08. The van der Waals surface area contributed by atoms with Crippen LogP contribution in [0.5, 0.6) is 0 Å². The van der Waals surface area contributed by atoms with E-state index in [0.29, 0.717) is 0 Å². The van der Waals surface area contributed by atoms with Gasteiger partial charge < -0.3 is 0 Å². The molecule has 0 spiro atoms. The summed E-state index contributed by atoms with van der Waals surface area (Å²) in [6.45, 7) is 5.79. The molecular weight excluding hydrogens is 191 g/mol. The van der Waals surface area contributed by atoms with Gasteiger partial charge >= 0.3 is 0 Å². The van der Waals surface area contributed by atoms with Crippen LogP contribution in [-0.2, 0) is 0 Å². The van der Waals surface area contributed by atoms with Crippen molar-refractivity contribution in [3.05, 3.63) is 42.0 Å². The predicted molar refractivity (Wildman–Crippen MR) is 55.6 cm³/mol. The molecule has 0 aliphatic carbocycles. The van der Waals surface area contributed by atoms with E-state index < -0.39 is 4.84 Å². The lowest BCUT2D eigenvalue weighted by molar-refractivity contribution is 1.32. The Morgan fingerprint density at radius 2 is 1.92 bits per heavy atom. The standard InChI is InChI=1S/C10H10Cl2/c1-7(2)8-5-3-4-6-9(8)10(11)12/h3-6,10H,1H2,2H3. The highest BCUT2D eigenvalue weighted by atomic mass is 35.5. The van der Waals surface area contributed by atoms with Crippen molar-refractivity contribution in [2.75, 3.05) is 0 Å². The number of alkyl halides is 2. The summed E-state index contributed by atoms with van der Waals surface area (Å²) in [7, 11) is 0. The minimum Gasteiger partial charge on any atom is -0.100 e. The molecule has 12 heavy (non-hydrogen) atoms. The third-order valence-corrected chi connectivity index (χ3v) is 2.13. The van der Waals surface area contributed by atoms with E-state index in [2.05, 4.69) is 6.58 Å². The molecule has 0 nitrogen and oxygen atoms in total. The van der Waals surface area contributed by atoms with Gasteiger partial charge in [-0.05, 0) is 18.1 Å². The maximum absolute atomic E-state index is 5.78. The Balaban J connectivity index is 3.17. The van der Waals surface area contributed by atoms with Crippen LogP contribution in [-0.4, -0.2) is 0 Å². The summed E-state index contributed by atoms with van der Waals surface area (Å²) >= 11 is 11.6. The van der Waals surface area contributed by atoms with E-state index in [1.807, 2.05) is 31.2 Å². The summed E-state index contributed by atoms with van der Waals surface area (Å²) in [4.78, 5) is -0.474. The Morgan fingerprint density at radius 1 is 1.33 bits per heavy atom. The minimum atomic E-state index is -0.474. The first kappa shape index (κ1) is 9.63. The zero-order chi connectivity index (χ0) is 9.14. The number of hydrogen-bond donors (Lipinski definition) is 0. The normalized spacial score (nSPS) is 10.3. The molecule has 0 heterocycles. The van der Waals surface area contributed by atoms with Gasteiger partial charge in [0.1, 0.15) is 4.84 Å². The van der Waals surface area contributed by atoms with Gasteiger partial charge in [0.05, 0.1) is 0 Å². The number of benzene rings is 1. The molecule has 2 heteroatoms. The van der Waals surface area contributed by atoms with Gasteiger partial charge in [-0.3, -0.25) is 0 Å². The molecule has 1 aromatic rings. The number of halogens is 2. The van der Waals surface area contributed by atoms with Gasteiger partial charge in [0.25, 0.3) is 0 Å². The average Bonchev–Trinajstić information content (AvgIpc) is 2.04. The van der Waals surface area contributed by atoms with Crippen molar-refractivity contribution >= 4 is 28.8 Å². The van der Waals surface area contributed by atoms with E-state index in [4.69, 9.17) is 23.2 Å². The summed E-state index contributed by atoms with van der Waals surface area (Å²) in [6.07, 6.45) is 0. The number of hydrogen-bond acceptors (Lipinski definition) is 0. The molecular formula is C10H10Cl2. The maximum Gasteiger partial charge on any atom is 0.133 e. The zero-order valence-corrected chi connectivity index (χ0v) is 8.36. The van der Waals surface area contributed by atoms with Gasteiger partial charge in [0.15, 0.2) is 0 Å². The number of rotatable bonds is 2. The summed E-state index contributed by atoms with van der Waals surface area (Å²) in [6, 6.07) is 7.74. The molecule has 0 fully saturated rings. The molecule has 1 aromatic carbocycles. The van der Waals surface area contributed by atoms with E-state index >= 15 is 0 Å². The Hall–Kier alpha value is -0.460. The van der Waals surface area contributed by atoms with Gasteiger partial charge in [-0.2, -0.15) is 0 Å². The van der Waals surface area contributed by atoms with Crippen LogP contribution in [0.2, 0.25) is 0 Å². The lowest BCUT2D eigenvalue weighted by Gasteiger charge is -2.08. The predicted octanol–water partition coefficient (Wildman–Crippen LogP) is 4.20. The summed E-state index contributed by atoms with van der Waals surface area (Å²) in [5.41, 5.74) is 2.94. The van der Waals surface area contributed by atoms with Crippen LogP contribution in [0.25, 0.3) is 5.57 Å². The first-order valence-corrected chi connectivity index (χ1v) is 4.53. The Bertz CT molecular complexity index is 290. The Kier molecular flexibility index (Phi) is 3.19. The summed E-state index contributed by atoms with van der Waals surface area (Å²) in [5, 5.41) is 0. The van der Waals surface area contributed by atoms with Crippen molar-refractivity contribution in [2.24, 2.45) is 0 Å². The second-order valence-corrected chi connectivity index (χ2v) is 3.76. The molecule has 64 valence electrons. The molecule has 0 unspecified atom stereocenters. The van der Waals surface area contributed by atoms with E-state index in [-0.39, 0.29) is 0 Å². The van der Waals surface area contributed by atoms with Crippen LogP contribution in [0.3, 0.4) is 0 Å². The molecule has 0 N–H and O–H groups in total. The minimum absolute atomic E-state index is 0.474. The second-order valence-electron chi connectivity index (χ2n) is 2.67. The Labute approximate surface area is 82.8 Å². The van der Waals surface area contributed by atoms with Gasteiger partial charge in [-0.1, -0.05) is 36.4 Å². The van der Waals surface area contributed by atoms with Gasteiger partial charge in [-0.25, -0.2) is 0 Å². The van der Waals surface area contributed by atoms with E-state index in [9.17, 15) is 0 Å². The molecule has 0 saturated carbocycles. The highest BCUT2D eigenvalue weighted by Gasteiger charge is 2.08. The van der Waals surface area contributed by atoms with Crippen molar-refractivity contribution in [1.82, 2.24) is 0 Å². The first-order valence-electron chi connectivity index (χ1n) is 3.66. The van der Waals surface area contributed by atoms with Crippen LogP contribution in [0.4, 0.5) is 0 Å². The molecule has 0 aliphatic heterocycles. The van der Waals surface area contributed by atoms with Crippen molar-refractivity contribution in [2.45, 2.75) is 11.8 Å². The molecule has 0 bridgehead atoms. The fraction of sp³-hybridized carbons (Fsp3) is 0.200. The fourth-order valence-corrected chi connectivity index (χ4v) is 1.46. The van der Waals surface area contributed by atoms with Crippen LogP contribution in [0.15, 0.2) is 30.8 Å². The largest absolute Gasteiger partial charge is 0.133 e. The highest BCUT2D eigenvalue weighted by Crippen LogP contribution is 2.30. The van der Waals surface area contributed by atoms with E-state index in [1.54, 1.807) is 0 Å². The summed E-state index contributed by atoms with van der Waals surface area (Å²) < 4.78 is 0. The Morgan fingerprint density at radius 3 is 2.33 bits per heavy atom. The van der Waals surface area contributed by atoms with Gasteiger partial charge in [0, 0.05) is 0 Å². The molecule has 0 saturated heterocycles. The van der Waals surface area contributed by atoms with Crippen molar-refractivity contribution < 1.29 is 0 Å². The van der Waals surface area contributed by atoms with E-state index in [0.717, 1.165) is 16.7 Å². The van der Waals surface area contributed by atoms with Crippen molar-refractivity contribution in [3.8, 4) is 0 Å². The molecule has 1 rings (SSSR count). The molecule has 0 amide bonds. The second kappa shape index (κ2) is 3.97. The van der Waals surface area contributed by atoms with Crippen molar-refractivity contribution in [3.63, 3.8) is 0 Å². The van der Waals surface area contributed by atoms with Crippen LogP contribution in [0, 0.1) is 0 Å². The first-order chi connectivity index (χ1) is 5.63. The third kappa shape index (κ3) is 2.02. The highest BCUT2D eigenvalue weighted by molar-refractivity contribution is 6.44. The molecule has 0 aromatic heterocycles. The van der Waals surface area contributed by atoms with Crippen LogP contribution < -0.4 is 0 Å². The summed E-state index contributed by atoms with van der Waals surface area (Å²) in [5.74, 6) is 0. The van der Waals surface area contributed by atoms with Crippen LogP contribution in [0.1, 0.15) is 22.9 Å². The van der Waals surface area contributed by atoms with Crippen LogP contribution >= 0.6 is 23.2 Å². The average molecular weight is 201 g/mol.